The number of hydrogen-bond acceptors (Lipinski definition) is 2. The first-order chi connectivity index (χ1) is 8.17. The molecule has 2 unspecified atom stereocenters. The van der Waals surface area contributed by atoms with Gasteiger partial charge in [0.15, 0.2) is 0 Å². The van der Waals surface area contributed by atoms with Crippen LogP contribution in [0.2, 0.25) is 0 Å². The summed E-state index contributed by atoms with van der Waals surface area (Å²) in [5.41, 5.74) is -0.551. The van der Waals surface area contributed by atoms with E-state index >= 15 is 0 Å². The number of nitrogens with zero attached hydrogens (tertiary/aromatic N) is 1. The van der Waals surface area contributed by atoms with E-state index in [1.54, 1.807) is 0 Å². The quantitative estimate of drug-likeness (QED) is 0.734. The van der Waals surface area contributed by atoms with Crippen LogP contribution in [0.15, 0.2) is 0 Å². The summed E-state index contributed by atoms with van der Waals surface area (Å²) in [6, 6.07) is 0.353. The van der Waals surface area contributed by atoms with Crippen molar-refractivity contribution >= 4 is 21.8 Å². The molecule has 0 bridgehead atoms. The molecule has 0 saturated carbocycles. The highest BCUT2D eigenvalue weighted by Crippen LogP contribution is 2.30. The number of hydrogen-bond donors (Lipinski definition) is 0. The lowest BCUT2D eigenvalue weighted by Gasteiger charge is -2.35. The summed E-state index contributed by atoms with van der Waals surface area (Å²) < 4.78 is 5.68. The Morgan fingerprint density at radius 2 is 2.24 bits per heavy atom. The van der Waals surface area contributed by atoms with Crippen LogP contribution in [-0.4, -0.2) is 40.9 Å². The molecule has 2 atom stereocenters. The van der Waals surface area contributed by atoms with E-state index in [1.165, 1.54) is 12.8 Å². The van der Waals surface area contributed by atoms with Crippen molar-refractivity contribution in [2.45, 2.75) is 57.1 Å². The van der Waals surface area contributed by atoms with E-state index in [9.17, 15) is 4.79 Å². The maximum absolute atomic E-state index is 12.6. The lowest BCUT2D eigenvalue weighted by molar-refractivity contribution is -0.152. The van der Waals surface area contributed by atoms with Gasteiger partial charge in [-0.3, -0.25) is 4.79 Å². The number of carbonyl (C=O) groups excluding carboxylic acids is 1. The highest BCUT2D eigenvalue weighted by molar-refractivity contribution is 9.09. The van der Waals surface area contributed by atoms with Crippen LogP contribution in [0.25, 0.3) is 0 Å². The van der Waals surface area contributed by atoms with E-state index in [1.807, 2.05) is 6.92 Å². The van der Waals surface area contributed by atoms with Crippen molar-refractivity contribution in [3.05, 3.63) is 0 Å². The second-order valence-electron chi connectivity index (χ2n) is 5.34. The third-order valence-corrected chi connectivity index (χ3v) is 4.73. The Kier molecular flexibility index (Phi) is 4.47. The highest BCUT2D eigenvalue weighted by atomic mass is 79.9. The van der Waals surface area contributed by atoms with Gasteiger partial charge in [-0.2, -0.15) is 0 Å². The molecule has 0 aromatic carbocycles. The van der Waals surface area contributed by atoms with Crippen LogP contribution in [0.1, 0.15) is 45.4 Å². The SMILES string of the molecule is CC1(C(=O)N2CCCCCC2CBr)CCCO1. The molecular weight excluding hydrogens is 282 g/mol. The normalized spacial score (nSPS) is 34.7. The van der Waals surface area contributed by atoms with Crippen molar-refractivity contribution in [2.75, 3.05) is 18.5 Å². The molecule has 0 aromatic heterocycles. The Balaban J connectivity index is 2.09. The largest absolute Gasteiger partial charge is 0.365 e. The minimum absolute atomic E-state index is 0.210. The zero-order valence-corrected chi connectivity index (χ0v) is 12.2. The van der Waals surface area contributed by atoms with Gasteiger partial charge in [0, 0.05) is 24.5 Å². The van der Waals surface area contributed by atoms with Crippen molar-refractivity contribution in [3.63, 3.8) is 0 Å². The number of halogens is 1. The smallest absolute Gasteiger partial charge is 0.254 e. The molecule has 0 radical (unpaired) electrons. The summed E-state index contributed by atoms with van der Waals surface area (Å²) in [6.45, 7) is 3.58. The summed E-state index contributed by atoms with van der Waals surface area (Å²) in [6.07, 6.45) is 6.60. The molecule has 2 fully saturated rings. The highest BCUT2D eigenvalue weighted by Gasteiger charge is 2.42. The van der Waals surface area contributed by atoms with Gasteiger partial charge < -0.3 is 9.64 Å². The van der Waals surface area contributed by atoms with Crippen LogP contribution in [0.3, 0.4) is 0 Å². The van der Waals surface area contributed by atoms with Crippen molar-refractivity contribution in [3.8, 4) is 0 Å². The Labute approximate surface area is 112 Å². The van der Waals surface area contributed by atoms with E-state index < -0.39 is 5.60 Å². The molecule has 17 heavy (non-hydrogen) atoms. The first kappa shape index (κ1) is 13.3. The van der Waals surface area contributed by atoms with Crippen LogP contribution in [0, 0.1) is 0 Å². The molecule has 0 aromatic rings. The minimum Gasteiger partial charge on any atom is -0.365 e. The Hall–Kier alpha value is -0.0900. The Morgan fingerprint density at radius 1 is 1.41 bits per heavy atom. The molecular formula is C13H22BrNO2. The number of ether oxygens (including phenoxy) is 1. The molecule has 2 aliphatic rings. The molecule has 2 heterocycles. The lowest BCUT2D eigenvalue weighted by atomic mass is 9.99. The van der Waals surface area contributed by atoms with Crippen LogP contribution in [0.5, 0.6) is 0 Å². The van der Waals surface area contributed by atoms with Crippen molar-refractivity contribution < 1.29 is 9.53 Å². The van der Waals surface area contributed by atoms with Crippen LogP contribution in [-0.2, 0) is 9.53 Å². The van der Waals surface area contributed by atoms with Crippen LogP contribution >= 0.6 is 15.9 Å². The van der Waals surface area contributed by atoms with Crippen molar-refractivity contribution in [1.82, 2.24) is 4.90 Å². The summed E-state index contributed by atoms with van der Waals surface area (Å²) in [7, 11) is 0. The topological polar surface area (TPSA) is 29.5 Å². The number of amides is 1. The molecule has 0 aliphatic carbocycles. The van der Waals surface area contributed by atoms with Crippen molar-refractivity contribution in [2.24, 2.45) is 0 Å². The molecule has 0 spiro atoms. The fourth-order valence-corrected chi connectivity index (χ4v) is 3.53. The minimum atomic E-state index is -0.551. The van der Waals surface area contributed by atoms with Gasteiger partial charge in [-0.25, -0.2) is 0 Å². The number of carbonyl (C=O) groups is 1. The fourth-order valence-electron chi connectivity index (χ4n) is 2.86. The van der Waals surface area contributed by atoms with Crippen LogP contribution in [0.4, 0.5) is 0 Å². The lowest BCUT2D eigenvalue weighted by Crippen LogP contribution is -2.51. The van der Waals surface area contributed by atoms with Gasteiger partial charge in [0.05, 0.1) is 0 Å². The van der Waals surface area contributed by atoms with Gasteiger partial charge in [-0.1, -0.05) is 28.8 Å². The van der Waals surface area contributed by atoms with Crippen molar-refractivity contribution in [1.29, 1.82) is 0 Å². The standard InChI is InChI=1S/C13H22BrNO2/c1-13(7-5-9-17-13)12(16)15-8-4-2-3-6-11(15)10-14/h11H,2-10H2,1H3. The first-order valence-corrected chi connectivity index (χ1v) is 7.80. The maximum atomic E-state index is 12.6. The average molecular weight is 304 g/mol. The zero-order valence-electron chi connectivity index (χ0n) is 10.6. The predicted molar refractivity (Wildman–Crippen MR) is 71.4 cm³/mol. The van der Waals surface area contributed by atoms with Crippen LogP contribution < -0.4 is 0 Å². The van der Waals surface area contributed by atoms with Gasteiger partial charge in [0.2, 0.25) is 0 Å². The summed E-state index contributed by atoms with van der Waals surface area (Å²) >= 11 is 3.55. The van der Waals surface area contributed by atoms with E-state index in [4.69, 9.17) is 4.74 Å². The fraction of sp³-hybridized carbons (Fsp3) is 0.923. The number of likely N-dealkylation sites (tertiary alicyclic amines) is 1. The van der Waals surface area contributed by atoms with E-state index in [2.05, 4.69) is 20.8 Å². The number of alkyl halides is 1. The summed E-state index contributed by atoms with van der Waals surface area (Å²) in [4.78, 5) is 14.7. The molecule has 0 N–H and O–H groups in total. The summed E-state index contributed by atoms with van der Waals surface area (Å²) in [5, 5.41) is 0.884. The van der Waals surface area contributed by atoms with E-state index in [0.717, 1.165) is 44.2 Å². The van der Waals surface area contributed by atoms with Gasteiger partial charge in [-0.15, -0.1) is 0 Å². The van der Waals surface area contributed by atoms with Gasteiger partial charge in [0.25, 0.3) is 5.91 Å². The Bertz CT molecular complexity index is 277. The third-order valence-electron chi connectivity index (χ3n) is 3.99. The monoisotopic (exact) mass is 303 g/mol. The molecule has 98 valence electrons. The average Bonchev–Trinajstić information content (AvgIpc) is 2.65. The number of rotatable bonds is 2. The molecule has 4 heteroatoms. The van der Waals surface area contributed by atoms with E-state index in [0.29, 0.717) is 6.04 Å². The van der Waals surface area contributed by atoms with Gasteiger partial charge in [-0.05, 0) is 32.6 Å². The van der Waals surface area contributed by atoms with Gasteiger partial charge in [0.1, 0.15) is 5.60 Å². The predicted octanol–water partition coefficient (Wildman–Crippen LogP) is 2.72. The molecule has 1 amide bonds. The van der Waals surface area contributed by atoms with Gasteiger partial charge >= 0.3 is 0 Å². The zero-order chi connectivity index (χ0) is 12.3. The molecule has 3 nitrogen and oxygen atoms in total. The maximum Gasteiger partial charge on any atom is 0.254 e. The molecule has 2 rings (SSSR count). The second-order valence-corrected chi connectivity index (χ2v) is 5.99. The second kappa shape index (κ2) is 5.70. The molecule has 2 aliphatic heterocycles. The first-order valence-electron chi connectivity index (χ1n) is 6.68. The summed E-state index contributed by atoms with van der Waals surface area (Å²) in [5.74, 6) is 0.210. The Morgan fingerprint density at radius 3 is 2.88 bits per heavy atom. The molecule has 2 saturated heterocycles. The van der Waals surface area contributed by atoms with E-state index in [-0.39, 0.29) is 5.91 Å². The third kappa shape index (κ3) is 2.84.